The molecule has 27 heavy (non-hydrogen) atoms. The number of aliphatic imine (C=N–C) groups is 1. The average Bonchev–Trinajstić information content (AvgIpc) is 2.92. The van der Waals surface area contributed by atoms with Crippen molar-refractivity contribution in [3.05, 3.63) is 29.3 Å². The van der Waals surface area contributed by atoms with E-state index in [1.807, 2.05) is 13.0 Å². The van der Waals surface area contributed by atoms with Gasteiger partial charge in [-0.2, -0.15) is 0 Å². The summed E-state index contributed by atoms with van der Waals surface area (Å²) >= 11 is 0. The van der Waals surface area contributed by atoms with Crippen LogP contribution in [0.4, 0.5) is 5.69 Å². The molecule has 0 amide bonds. The third-order valence-corrected chi connectivity index (χ3v) is 4.53. The maximum Gasteiger partial charge on any atom is 0.216 e. The molecule has 8 heteroatoms. The van der Waals surface area contributed by atoms with Crippen molar-refractivity contribution in [1.29, 1.82) is 0 Å². The van der Waals surface area contributed by atoms with Crippen LogP contribution in [0.3, 0.4) is 0 Å². The van der Waals surface area contributed by atoms with Gasteiger partial charge in [-0.1, -0.05) is 0 Å². The van der Waals surface area contributed by atoms with Gasteiger partial charge in [0.15, 0.2) is 5.88 Å². The highest BCUT2D eigenvalue weighted by molar-refractivity contribution is 6.02. The Morgan fingerprint density at radius 2 is 2.22 bits per heavy atom. The second-order valence-corrected chi connectivity index (χ2v) is 6.54. The van der Waals surface area contributed by atoms with Gasteiger partial charge in [0.1, 0.15) is 12.7 Å². The first kappa shape index (κ1) is 19.6. The maximum atomic E-state index is 6.26. The van der Waals surface area contributed by atoms with Crippen LogP contribution < -0.4 is 15.8 Å². The quantitative estimate of drug-likeness (QED) is 0.750. The summed E-state index contributed by atoms with van der Waals surface area (Å²) < 4.78 is 22.3. The smallest absolute Gasteiger partial charge is 0.216 e. The number of methoxy groups -OCH3 is 1. The van der Waals surface area contributed by atoms with Crippen molar-refractivity contribution in [2.45, 2.75) is 25.9 Å². The fourth-order valence-corrected chi connectivity index (χ4v) is 3.10. The average molecular weight is 376 g/mol. The number of rotatable bonds is 5. The van der Waals surface area contributed by atoms with Gasteiger partial charge in [0.05, 0.1) is 44.5 Å². The number of pyridine rings is 1. The third kappa shape index (κ3) is 5.41. The van der Waals surface area contributed by atoms with Crippen LogP contribution in [0.2, 0.25) is 0 Å². The fourth-order valence-electron chi connectivity index (χ4n) is 3.10. The number of morpholine rings is 1. The van der Waals surface area contributed by atoms with Gasteiger partial charge in [0.25, 0.3) is 0 Å². The minimum Gasteiger partial charge on any atom is -0.481 e. The van der Waals surface area contributed by atoms with Crippen LogP contribution in [0.25, 0.3) is 0 Å². The summed E-state index contributed by atoms with van der Waals surface area (Å²) in [4.78, 5) is 9.06. The first-order chi connectivity index (χ1) is 13.2. The lowest BCUT2D eigenvalue weighted by molar-refractivity contribution is -0.0162. The molecule has 1 aromatic heterocycles. The normalized spacial score (nSPS) is 24.4. The van der Waals surface area contributed by atoms with Gasteiger partial charge >= 0.3 is 0 Å². The van der Waals surface area contributed by atoms with Gasteiger partial charge in [-0.3, -0.25) is 4.99 Å². The van der Waals surface area contributed by atoms with Crippen LogP contribution in [0.1, 0.15) is 18.4 Å². The van der Waals surface area contributed by atoms with Gasteiger partial charge in [0.2, 0.25) is 5.88 Å². The Kier molecular flexibility index (Phi) is 7.03. The van der Waals surface area contributed by atoms with Crippen molar-refractivity contribution < 1.29 is 18.9 Å². The van der Waals surface area contributed by atoms with E-state index in [-0.39, 0.29) is 6.10 Å². The monoisotopic (exact) mass is 376 g/mol. The lowest BCUT2D eigenvalue weighted by Gasteiger charge is -2.24. The lowest BCUT2D eigenvalue weighted by atomic mass is 10.1. The number of nitrogens with zero attached hydrogens (tertiary/aromatic N) is 2. The molecule has 0 saturated carbocycles. The minimum absolute atomic E-state index is 0.00811. The van der Waals surface area contributed by atoms with E-state index in [2.05, 4.69) is 10.3 Å². The Labute approximate surface area is 159 Å². The van der Waals surface area contributed by atoms with Crippen molar-refractivity contribution in [2.24, 2.45) is 10.7 Å². The molecule has 1 atom stereocenters. The van der Waals surface area contributed by atoms with Crippen molar-refractivity contribution in [3.8, 4) is 5.88 Å². The molecular formula is C19H28N4O4. The predicted octanol–water partition coefficient (Wildman–Crippen LogP) is 1.46. The molecule has 3 N–H and O–H groups in total. The molecule has 3 heterocycles. The summed E-state index contributed by atoms with van der Waals surface area (Å²) in [6, 6.07) is 1.95. The minimum atomic E-state index is 0.00811. The van der Waals surface area contributed by atoms with Crippen molar-refractivity contribution >= 4 is 11.4 Å². The summed E-state index contributed by atoms with van der Waals surface area (Å²) in [5, 5.41) is 3.28. The molecule has 2 aliphatic rings. The molecule has 2 fully saturated rings. The standard InChI is InChI=1S/C19H28N4O4/c1-13-9-14(10-22-19(13)24-2)23-17-4-7-25-6-3-16(17)18(20)27-12-15-11-21-5-8-26-15/h9-10,15,21H,3-8,11-12,20H2,1-2H3/t15-/m0/s1. The number of nitrogens with two attached hydrogens (primary N) is 1. The van der Waals surface area contributed by atoms with Gasteiger partial charge in [-0.25, -0.2) is 4.98 Å². The molecule has 148 valence electrons. The van der Waals surface area contributed by atoms with Gasteiger partial charge < -0.3 is 30.0 Å². The van der Waals surface area contributed by atoms with E-state index < -0.39 is 0 Å². The molecule has 1 aromatic rings. The maximum absolute atomic E-state index is 6.26. The molecule has 2 saturated heterocycles. The second-order valence-electron chi connectivity index (χ2n) is 6.54. The van der Waals surface area contributed by atoms with Crippen molar-refractivity contribution in [1.82, 2.24) is 10.3 Å². The molecule has 8 nitrogen and oxygen atoms in total. The predicted molar refractivity (Wildman–Crippen MR) is 102 cm³/mol. The van der Waals surface area contributed by atoms with E-state index in [0.29, 0.717) is 51.0 Å². The van der Waals surface area contributed by atoms with Crippen molar-refractivity contribution in [2.75, 3.05) is 46.6 Å². The molecule has 0 unspecified atom stereocenters. The fraction of sp³-hybridized carbons (Fsp3) is 0.579. The third-order valence-electron chi connectivity index (χ3n) is 4.53. The van der Waals surface area contributed by atoms with Crippen LogP contribution >= 0.6 is 0 Å². The van der Waals surface area contributed by atoms with Gasteiger partial charge in [-0.05, 0) is 13.0 Å². The summed E-state index contributed by atoms with van der Waals surface area (Å²) in [6.07, 6.45) is 3.04. The molecule has 0 aromatic carbocycles. The van der Waals surface area contributed by atoms with E-state index in [1.165, 1.54) is 0 Å². The summed E-state index contributed by atoms with van der Waals surface area (Å²) in [5.41, 5.74) is 9.72. The molecule has 0 radical (unpaired) electrons. The summed E-state index contributed by atoms with van der Waals surface area (Å²) in [6.45, 7) is 5.89. The largest absolute Gasteiger partial charge is 0.481 e. The van der Waals surface area contributed by atoms with E-state index in [0.717, 1.165) is 35.6 Å². The number of aromatic nitrogens is 1. The van der Waals surface area contributed by atoms with E-state index >= 15 is 0 Å². The Hall–Kier alpha value is -2.16. The SMILES string of the molecule is COc1ncc(N=C2CCOCCC2=C(N)OC[C@@H]2CNCCO2)cc1C. The van der Waals surface area contributed by atoms with Gasteiger partial charge in [0, 0.05) is 37.1 Å². The molecule has 0 bridgehead atoms. The Morgan fingerprint density at radius 3 is 2.96 bits per heavy atom. The first-order valence-electron chi connectivity index (χ1n) is 9.27. The van der Waals surface area contributed by atoms with Crippen LogP contribution in [-0.4, -0.2) is 63.4 Å². The van der Waals surface area contributed by atoms with Crippen LogP contribution in [0, 0.1) is 6.92 Å². The molecule has 0 aliphatic carbocycles. The summed E-state index contributed by atoms with van der Waals surface area (Å²) in [7, 11) is 1.61. The highest BCUT2D eigenvalue weighted by Crippen LogP contribution is 2.24. The molecular weight excluding hydrogens is 348 g/mol. The van der Waals surface area contributed by atoms with Crippen LogP contribution in [0.5, 0.6) is 5.88 Å². The number of hydrogen-bond donors (Lipinski definition) is 2. The number of ether oxygens (including phenoxy) is 4. The number of aryl methyl sites for hydroxylation is 1. The Bertz CT molecular complexity index is 699. The lowest BCUT2D eigenvalue weighted by Crippen LogP contribution is -2.41. The Balaban J connectivity index is 1.78. The molecule has 0 spiro atoms. The van der Waals surface area contributed by atoms with Crippen molar-refractivity contribution in [3.63, 3.8) is 0 Å². The van der Waals surface area contributed by atoms with Crippen LogP contribution in [0.15, 0.2) is 28.7 Å². The van der Waals surface area contributed by atoms with E-state index in [9.17, 15) is 0 Å². The zero-order chi connectivity index (χ0) is 19.1. The topological polar surface area (TPSA) is 100 Å². The highest BCUT2D eigenvalue weighted by atomic mass is 16.5. The summed E-state index contributed by atoms with van der Waals surface area (Å²) in [5.74, 6) is 0.995. The molecule has 3 rings (SSSR count). The number of hydrogen-bond acceptors (Lipinski definition) is 8. The zero-order valence-electron chi connectivity index (χ0n) is 16.0. The highest BCUT2D eigenvalue weighted by Gasteiger charge is 2.19. The van der Waals surface area contributed by atoms with Crippen LogP contribution in [-0.2, 0) is 14.2 Å². The zero-order valence-corrected chi connectivity index (χ0v) is 16.0. The Morgan fingerprint density at radius 1 is 1.37 bits per heavy atom. The van der Waals surface area contributed by atoms with E-state index in [4.69, 9.17) is 29.7 Å². The first-order valence-corrected chi connectivity index (χ1v) is 9.27. The second kappa shape index (κ2) is 9.68. The van der Waals surface area contributed by atoms with E-state index in [1.54, 1.807) is 13.3 Å². The van der Waals surface area contributed by atoms with Gasteiger partial charge in [-0.15, -0.1) is 0 Å². The number of nitrogens with one attached hydrogen (secondary N) is 1. The molecule has 2 aliphatic heterocycles.